The van der Waals surface area contributed by atoms with E-state index in [-0.39, 0.29) is 58.6 Å². The average molecular weight is 827 g/mol. The van der Waals surface area contributed by atoms with Crippen LogP contribution in [0.15, 0.2) is 42.5 Å². The van der Waals surface area contributed by atoms with E-state index in [2.05, 4.69) is 32.7 Å². The maximum Gasteiger partial charge on any atom is 0.293 e. The lowest BCUT2D eigenvalue weighted by atomic mass is 9.93. The summed E-state index contributed by atoms with van der Waals surface area (Å²) in [6.45, 7) is 2.06. The number of benzene rings is 2. The number of aliphatic hydroxyl groups is 1. The number of hydrogen-bond donors (Lipinski definition) is 3. The first-order valence-corrected chi connectivity index (χ1v) is 18.5. The van der Waals surface area contributed by atoms with Crippen LogP contribution >= 0.6 is 11.6 Å². The van der Waals surface area contributed by atoms with E-state index in [0.29, 0.717) is 32.8 Å². The van der Waals surface area contributed by atoms with Crippen LogP contribution in [0, 0.1) is 29.4 Å². The van der Waals surface area contributed by atoms with Gasteiger partial charge in [0.05, 0.1) is 34.2 Å². The van der Waals surface area contributed by atoms with Gasteiger partial charge in [-0.15, -0.1) is 0 Å². The van der Waals surface area contributed by atoms with Crippen molar-refractivity contribution in [1.29, 1.82) is 0 Å². The molecule has 0 spiro atoms. The van der Waals surface area contributed by atoms with E-state index >= 15 is 8.78 Å². The van der Waals surface area contributed by atoms with Crippen LogP contribution in [0.5, 0.6) is 0 Å². The second-order valence-electron chi connectivity index (χ2n) is 15.3. The third kappa shape index (κ3) is 8.00. The number of alkyl halides is 4. The van der Waals surface area contributed by atoms with Crippen molar-refractivity contribution in [3.05, 3.63) is 93.0 Å². The second-order valence-corrected chi connectivity index (χ2v) is 15.7. The highest BCUT2D eigenvalue weighted by Crippen LogP contribution is 2.68. The Kier molecular flexibility index (Phi) is 10.6. The molecule has 11 nitrogen and oxygen atoms in total. The van der Waals surface area contributed by atoms with Crippen LogP contribution < -0.4 is 10.6 Å². The van der Waals surface area contributed by atoms with Gasteiger partial charge in [0.1, 0.15) is 40.9 Å². The average Bonchev–Trinajstić information content (AvgIpc) is 3.65. The number of amides is 2. The molecule has 0 aliphatic heterocycles. The predicted octanol–water partition coefficient (Wildman–Crippen LogP) is 6.63. The van der Waals surface area contributed by atoms with Crippen molar-refractivity contribution < 1.29 is 41.0 Å². The van der Waals surface area contributed by atoms with Crippen molar-refractivity contribution in [1.82, 2.24) is 34.8 Å². The molecule has 3 aromatic heterocycles. The summed E-state index contributed by atoms with van der Waals surface area (Å²) < 4.78 is 90.2. The molecule has 2 amide bonds. The molecule has 3 heterocycles. The molecule has 5 aromatic rings. The first kappa shape index (κ1) is 40.7. The maximum absolute atomic E-state index is 15.4. The summed E-state index contributed by atoms with van der Waals surface area (Å²) in [5, 5.41) is 24.7. The zero-order chi connectivity index (χ0) is 42.0. The molecule has 3 atom stereocenters. The monoisotopic (exact) mass is 826 g/mol. The smallest absolute Gasteiger partial charge is 0.293 e. The number of aryl methyl sites for hydroxylation is 1. The molecule has 1 saturated carbocycles. The highest BCUT2D eigenvalue weighted by molar-refractivity contribution is 6.37. The number of fused-ring (bicyclic) bond motifs is 4. The number of nitrogens with one attached hydrogen (secondary N) is 2. The Morgan fingerprint density at radius 3 is 2.40 bits per heavy atom. The maximum atomic E-state index is 15.4. The van der Waals surface area contributed by atoms with Gasteiger partial charge in [0.2, 0.25) is 11.8 Å². The van der Waals surface area contributed by atoms with Gasteiger partial charge in [0.15, 0.2) is 5.82 Å². The minimum Gasteiger partial charge on any atom is -0.378 e. The number of halogens is 7. The molecule has 1 unspecified atom stereocenters. The number of hydrogen-bond acceptors (Lipinski definition) is 7. The Hall–Kier alpha value is -5.44. The van der Waals surface area contributed by atoms with Crippen LogP contribution in [0.25, 0.3) is 22.0 Å². The lowest BCUT2D eigenvalue weighted by Gasteiger charge is -2.23. The van der Waals surface area contributed by atoms with Crippen LogP contribution in [0.1, 0.15) is 72.6 Å². The minimum atomic E-state index is -3.49. The lowest BCUT2D eigenvalue weighted by molar-refractivity contribution is -0.123. The molecule has 2 aromatic carbocycles. The molecule has 0 bridgehead atoms. The molecule has 1 fully saturated rings. The number of anilines is 1. The van der Waals surface area contributed by atoms with Crippen molar-refractivity contribution in [2.45, 2.75) is 63.1 Å². The number of carbonyl (C=O) groups is 2. The highest BCUT2D eigenvalue weighted by atomic mass is 35.5. The molecule has 18 heteroatoms. The Bertz CT molecular complexity index is 2520. The largest absolute Gasteiger partial charge is 0.378 e. The Balaban J connectivity index is 1.37. The molecular formula is C40H37ClF6N8O3. The van der Waals surface area contributed by atoms with Crippen LogP contribution in [0.2, 0.25) is 5.02 Å². The van der Waals surface area contributed by atoms with E-state index < -0.39 is 71.3 Å². The summed E-state index contributed by atoms with van der Waals surface area (Å²) in [7, 11) is 5.06. The SMILES string of the molecule is CN(C)CC(=O)Nc1nn(C)c2c(-c3ccc(C#CC(C)(C)O)nc3C(Cc3cc(F)cc(F)c3)NC(=O)Cn3nc(C(F)F)c4c3C(F)(F)[C@@H]3C[C@H]43)ccc(Cl)c12. The fourth-order valence-corrected chi connectivity index (χ4v) is 7.77. The number of rotatable bonds is 11. The van der Waals surface area contributed by atoms with Gasteiger partial charge in [0.25, 0.3) is 12.3 Å². The van der Waals surface area contributed by atoms with Crippen molar-refractivity contribution in [2.75, 3.05) is 26.0 Å². The first-order valence-electron chi connectivity index (χ1n) is 18.1. The zero-order valence-corrected chi connectivity index (χ0v) is 32.5. The summed E-state index contributed by atoms with van der Waals surface area (Å²) in [6.07, 6.45) is -3.44. The normalized spacial score (nSPS) is 17.2. The standard InChI is InChI=1S/C40H37ClF6N8O3/c1-39(2,58)11-10-22-6-7-23(24-8-9-27(41)32-35(24)54(5)52-38(32)50-29(56)17-53(3)4)33(48-22)28(14-19-12-20(42)15-21(43)13-19)49-30(57)18-55-36-31(34(51-55)37(44)45)25-16-26(25)40(36,46)47/h6-9,12-13,15,25-26,28,37,58H,14,16-18H2,1-5H3,(H,49,57)(H,50,52,56)/t25-,26+,28?/m0/s1. The quantitative estimate of drug-likeness (QED) is 0.101. The Labute approximate surface area is 333 Å². The van der Waals surface area contributed by atoms with Crippen LogP contribution in [-0.2, 0) is 35.5 Å². The van der Waals surface area contributed by atoms with Gasteiger partial charge in [-0.05, 0) is 88.5 Å². The van der Waals surface area contributed by atoms with Crippen molar-refractivity contribution in [3.8, 4) is 23.0 Å². The molecule has 7 rings (SSSR count). The van der Waals surface area contributed by atoms with Crippen molar-refractivity contribution >= 4 is 40.1 Å². The third-order valence-corrected chi connectivity index (χ3v) is 10.2. The fourth-order valence-electron chi connectivity index (χ4n) is 7.53. The number of pyridine rings is 1. The number of nitrogens with zero attached hydrogens (tertiary/aromatic N) is 6. The van der Waals surface area contributed by atoms with Crippen LogP contribution in [-0.4, -0.2) is 72.6 Å². The summed E-state index contributed by atoms with van der Waals surface area (Å²) in [6, 6.07) is 7.85. The minimum absolute atomic E-state index is 0.0313. The van der Waals surface area contributed by atoms with Gasteiger partial charge < -0.3 is 20.6 Å². The molecule has 2 aliphatic carbocycles. The van der Waals surface area contributed by atoms with Gasteiger partial charge in [-0.2, -0.15) is 19.0 Å². The molecule has 3 N–H and O–H groups in total. The van der Waals surface area contributed by atoms with E-state index in [1.165, 1.54) is 18.5 Å². The van der Waals surface area contributed by atoms with Crippen LogP contribution in [0.3, 0.4) is 0 Å². The topological polar surface area (TPSA) is 130 Å². The second kappa shape index (κ2) is 15.1. The zero-order valence-electron chi connectivity index (χ0n) is 31.8. The summed E-state index contributed by atoms with van der Waals surface area (Å²) in [5.74, 6) is -2.96. The summed E-state index contributed by atoms with van der Waals surface area (Å²) in [5.41, 5.74) is -1.78. The number of likely N-dealkylation sites (N-methyl/N-ethyl adjacent to an activating group) is 1. The third-order valence-electron chi connectivity index (χ3n) is 9.85. The molecule has 0 radical (unpaired) electrons. The van der Waals surface area contributed by atoms with E-state index in [4.69, 9.17) is 16.6 Å². The Morgan fingerprint density at radius 2 is 1.74 bits per heavy atom. The van der Waals surface area contributed by atoms with Gasteiger partial charge in [-0.25, -0.2) is 22.5 Å². The van der Waals surface area contributed by atoms with Gasteiger partial charge in [-0.3, -0.25) is 19.0 Å². The highest BCUT2D eigenvalue weighted by Gasteiger charge is 2.67. The molecule has 2 aliphatic rings. The van der Waals surface area contributed by atoms with Crippen LogP contribution in [0.4, 0.5) is 32.2 Å². The van der Waals surface area contributed by atoms with Gasteiger partial charge in [0, 0.05) is 35.7 Å². The molecule has 58 heavy (non-hydrogen) atoms. The van der Waals surface area contributed by atoms with Crippen molar-refractivity contribution in [3.63, 3.8) is 0 Å². The van der Waals surface area contributed by atoms with Crippen molar-refractivity contribution in [2.24, 2.45) is 13.0 Å². The van der Waals surface area contributed by atoms with E-state index in [1.54, 1.807) is 50.3 Å². The Morgan fingerprint density at radius 1 is 1.05 bits per heavy atom. The number of aromatic nitrogens is 5. The van der Waals surface area contributed by atoms with Gasteiger partial charge >= 0.3 is 0 Å². The lowest BCUT2D eigenvalue weighted by Crippen LogP contribution is -2.35. The fraction of sp³-hybridized carbons (Fsp3) is 0.375. The number of carbonyl (C=O) groups excluding carboxylic acids is 2. The molecule has 304 valence electrons. The van der Waals surface area contributed by atoms with E-state index in [9.17, 15) is 32.3 Å². The summed E-state index contributed by atoms with van der Waals surface area (Å²) in [4.78, 5) is 33.2. The van der Waals surface area contributed by atoms with Gasteiger partial charge in [-0.1, -0.05) is 23.6 Å². The van der Waals surface area contributed by atoms with E-state index in [0.717, 1.165) is 12.1 Å². The van der Waals surface area contributed by atoms with E-state index in [1.807, 2.05) is 0 Å². The molecule has 0 saturated heterocycles. The molecular weight excluding hydrogens is 790 g/mol. The predicted molar refractivity (Wildman–Crippen MR) is 202 cm³/mol. The summed E-state index contributed by atoms with van der Waals surface area (Å²) >= 11 is 6.70. The first-order chi connectivity index (χ1) is 27.2.